The summed E-state index contributed by atoms with van der Waals surface area (Å²) in [7, 11) is 1.98. The first-order valence-electron chi connectivity index (χ1n) is 7.01. The van der Waals surface area contributed by atoms with Crippen molar-refractivity contribution in [3.63, 3.8) is 0 Å². The van der Waals surface area contributed by atoms with Gasteiger partial charge in [-0.25, -0.2) is 0 Å². The number of hydrogen-bond acceptors (Lipinski definition) is 3. The van der Waals surface area contributed by atoms with E-state index in [-0.39, 0.29) is 0 Å². The van der Waals surface area contributed by atoms with Gasteiger partial charge in [0, 0.05) is 38.9 Å². The molecular formula is C15H25N3. The van der Waals surface area contributed by atoms with Gasteiger partial charge in [0.1, 0.15) is 0 Å². The maximum Gasteiger partial charge on any atom is 0.0341 e. The zero-order valence-corrected chi connectivity index (χ0v) is 11.9. The van der Waals surface area contributed by atoms with Crippen molar-refractivity contribution in [1.29, 1.82) is 0 Å². The Kier molecular flexibility index (Phi) is 4.61. The standard InChI is InChI=1S/C15H25N3/c1-4-17(5-2)8-9-18-11-13-6-7-15(16-3)10-14(13)12-18/h6-7,10,16H,4-5,8-9,11-12H2,1-3H3. The van der Waals surface area contributed by atoms with Crippen molar-refractivity contribution in [2.75, 3.05) is 38.5 Å². The van der Waals surface area contributed by atoms with Gasteiger partial charge in [-0.1, -0.05) is 19.9 Å². The Morgan fingerprint density at radius 2 is 1.89 bits per heavy atom. The van der Waals surface area contributed by atoms with E-state index >= 15 is 0 Å². The second-order valence-corrected chi connectivity index (χ2v) is 4.97. The molecule has 0 bridgehead atoms. The fourth-order valence-electron chi connectivity index (χ4n) is 2.60. The number of fused-ring (bicyclic) bond motifs is 1. The minimum Gasteiger partial charge on any atom is -0.388 e. The summed E-state index contributed by atoms with van der Waals surface area (Å²) in [5.74, 6) is 0. The van der Waals surface area contributed by atoms with E-state index < -0.39 is 0 Å². The molecule has 0 amide bonds. The molecule has 0 aromatic heterocycles. The molecule has 0 atom stereocenters. The number of nitrogens with one attached hydrogen (secondary N) is 1. The highest BCUT2D eigenvalue weighted by molar-refractivity contribution is 5.49. The maximum absolute atomic E-state index is 3.21. The summed E-state index contributed by atoms with van der Waals surface area (Å²) < 4.78 is 0. The molecule has 0 fully saturated rings. The lowest BCUT2D eigenvalue weighted by molar-refractivity contribution is 0.216. The summed E-state index contributed by atoms with van der Waals surface area (Å²) >= 11 is 0. The third-order valence-electron chi connectivity index (χ3n) is 3.91. The molecule has 0 saturated carbocycles. The average molecular weight is 247 g/mol. The monoisotopic (exact) mass is 247 g/mol. The first-order valence-corrected chi connectivity index (χ1v) is 7.01. The summed E-state index contributed by atoms with van der Waals surface area (Å²) in [6.07, 6.45) is 0. The van der Waals surface area contributed by atoms with Crippen LogP contribution in [0.3, 0.4) is 0 Å². The average Bonchev–Trinajstić information content (AvgIpc) is 2.81. The normalized spacial score (nSPS) is 15.1. The number of rotatable bonds is 6. The molecule has 1 aliphatic heterocycles. The largest absolute Gasteiger partial charge is 0.388 e. The molecule has 0 radical (unpaired) electrons. The molecule has 3 nitrogen and oxygen atoms in total. The van der Waals surface area contributed by atoms with Crippen LogP contribution in [-0.4, -0.2) is 43.0 Å². The Bertz CT molecular complexity index is 385. The molecule has 0 saturated heterocycles. The lowest BCUT2D eigenvalue weighted by atomic mass is 10.1. The SMILES string of the molecule is CCN(CC)CCN1Cc2ccc(NC)cc2C1. The van der Waals surface area contributed by atoms with Crippen molar-refractivity contribution in [2.45, 2.75) is 26.9 Å². The van der Waals surface area contributed by atoms with Crippen LogP contribution in [0, 0.1) is 0 Å². The molecule has 0 spiro atoms. The zero-order valence-electron chi connectivity index (χ0n) is 11.9. The van der Waals surface area contributed by atoms with Gasteiger partial charge in [0.2, 0.25) is 0 Å². The lowest BCUT2D eigenvalue weighted by Gasteiger charge is -2.22. The third kappa shape index (κ3) is 3.03. The number of likely N-dealkylation sites (N-methyl/N-ethyl adjacent to an activating group) is 1. The molecule has 0 unspecified atom stereocenters. The molecule has 18 heavy (non-hydrogen) atoms. The predicted molar refractivity (Wildman–Crippen MR) is 77.9 cm³/mol. The van der Waals surface area contributed by atoms with E-state index in [1.165, 1.54) is 29.9 Å². The second kappa shape index (κ2) is 6.21. The third-order valence-corrected chi connectivity index (χ3v) is 3.91. The van der Waals surface area contributed by atoms with Crippen LogP contribution >= 0.6 is 0 Å². The van der Waals surface area contributed by atoms with Gasteiger partial charge in [-0.15, -0.1) is 0 Å². The molecule has 3 heteroatoms. The molecule has 1 heterocycles. The van der Waals surface area contributed by atoms with Crippen molar-refractivity contribution in [1.82, 2.24) is 9.80 Å². The molecular weight excluding hydrogens is 222 g/mol. The number of nitrogens with zero attached hydrogens (tertiary/aromatic N) is 2. The fourth-order valence-corrected chi connectivity index (χ4v) is 2.60. The summed E-state index contributed by atoms with van der Waals surface area (Å²) in [5.41, 5.74) is 4.20. The molecule has 1 aliphatic rings. The van der Waals surface area contributed by atoms with E-state index in [0.29, 0.717) is 0 Å². The van der Waals surface area contributed by atoms with Crippen LogP contribution in [0.2, 0.25) is 0 Å². The minimum absolute atomic E-state index is 1.10. The summed E-state index contributed by atoms with van der Waals surface area (Å²) in [5, 5.41) is 3.21. The van der Waals surface area contributed by atoms with Crippen molar-refractivity contribution in [2.24, 2.45) is 0 Å². The fraction of sp³-hybridized carbons (Fsp3) is 0.600. The maximum atomic E-state index is 3.21. The highest BCUT2D eigenvalue weighted by atomic mass is 15.2. The van der Waals surface area contributed by atoms with Gasteiger partial charge < -0.3 is 10.2 Å². The summed E-state index contributed by atoms with van der Waals surface area (Å²) in [4.78, 5) is 5.03. The molecule has 1 aromatic rings. The Morgan fingerprint density at radius 3 is 2.56 bits per heavy atom. The van der Waals surface area contributed by atoms with E-state index in [2.05, 4.69) is 47.2 Å². The van der Waals surface area contributed by atoms with E-state index in [4.69, 9.17) is 0 Å². The van der Waals surface area contributed by atoms with E-state index in [1.807, 2.05) is 7.05 Å². The molecule has 0 aliphatic carbocycles. The van der Waals surface area contributed by atoms with Gasteiger partial charge in [-0.2, -0.15) is 0 Å². The van der Waals surface area contributed by atoms with Gasteiger partial charge in [0.25, 0.3) is 0 Å². The van der Waals surface area contributed by atoms with Crippen LogP contribution in [-0.2, 0) is 13.1 Å². The quantitative estimate of drug-likeness (QED) is 0.832. The Labute approximate surface area is 111 Å². The van der Waals surface area contributed by atoms with Gasteiger partial charge >= 0.3 is 0 Å². The van der Waals surface area contributed by atoms with Crippen LogP contribution in [0.4, 0.5) is 5.69 Å². The van der Waals surface area contributed by atoms with E-state index in [9.17, 15) is 0 Å². The Balaban J connectivity index is 1.89. The molecule has 1 N–H and O–H groups in total. The van der Waals surface area contributed by atoms with Crippen molar-refractivity contribution >= 4 is 5.69 Å². The van der Waals surface area contributed by atoms with Crippen molar-refractivity contribution < 1.29 is 0 Å². The topological polar surface area (TPSA) is 18.5 Å². The first-order chi connectivity index (χ1) is 8.76. The smallest absolute Gasteiger partial charge is 0.0341 e. The minimum atomic E-state index is 1.10. The summed E-state index contributed by atoms with van der Waals surface area (Å²) in [6.45, 7) is 11.4. The van der Waals surface area contributed by atoms with Crippen molar-refractivity contribution in [3.8, 4) is 0 Å². The van der Waals surface area contributed by atoms with Gasteiger partial charge in [-0.3, -0.25) is 4.90 Å². The van der Waals surface area contributed by atoms with E-state index in [1.54, 1.807) is 0 Å². The Morgan fingerprint density at radius 1 is 1.17 bits per heavy atom. The number of anilines is 1. The number of hydrogen-bond donors (Lipinski definition) is 1. The van der Waals surface area contributed by atoms with Crippen molar-refractivity contribution in [3.05, 3.63) is 29.3 Å². The molecule has 2 rings (SSSR count). The van der Waals surface area contributed by atoms with E-state index in [0.717, 1.165) is 26.2 Å². The van der Waals surface area contributed by atoms with Crippen LogP contribution < -0.4 is 5.32 Å². The Hall–Kier alpha value is -1.06. The summed E-state index contributed by atoms with van der Waals surface area (Å²) in [6, 6.07) is 6.72. The molecule has 100 valence electrons. The zero-order chi connectivity index (χ0) is 13.0. The van der Waals surface area contributed by atoms with Gasteiger partial charge in [-0.05, 0) is 36.3 Å². The van der Waals surface area contributed by atoms with Crippen LogP contribution in [0.25, 0.3) is 0 Å². The lowest BCUT2D eigenvalue weighted by Crippen LogP contribution is -2.32. The highest BCUT2D eigenvalue weighted by Gasteiger charge is 2.18. The van der Waals surface area contributed by atoms with Crippen LogP contribution in [0.5, 0.6) is 0 Å². The highest BCUT2D eigenvalue weighted by Crippen LogP contribution is 2.25. The first kappa shape index (κ1) is 13.4. The molecule has 1 aromatic carbocycles. The van der Waals surface area contributed by atoms with Crippen LogP contribution in [0.15, 0.2) is 18.2 Å². The van der Waals surface area contributed by atoms with Crippen LogP contribution in [0.1, 0.15) is 25.0 Å². The second-order valence-electron chi connectivity index (χ2n) is 4.97. The van der Waals surface area contributed by atoms with Gasteiger partial charge in [0.05, 0.1) is 0 Å². The predicted octanol–water partition coefficient (Wildman–Crippen LogP) is 2.39. The van der Waals surface area contributed by atoms with Gasteiger partial charge in [0.15, 0.2) is 0 Å². The number of benzene rings is 1.